The van der Waals surface area contributed by atoms with E-state index in [1.165, 1.54) is 31.4 Å². The minimum Gasteiger partial charge on any atom is -0.394 e. The van der Waals surface area contributed by atoms with E-state index in [2.05, 4.69) is 5.32 Å². The molecule has 7 nitrogen and oxygen atoms in total. The van der Waals surface area contributed by atoms with Crippen LogP contribution in [0.5, 0.6) is 0 Å². The Bertz CT molecular complexity index is 1180. The molecular weight excluding hydrogens is 487 g/mol. The van der Waals surface area contributed by atoms with Crippen LogP contribution in [0.25, 0.3) is 10.9 Å². The number of hydrogen-bond acceptors (Lipinski definition) is 5. The molecule has 0 aliphatic carbocycles. The van der Waals surface area contributed by atoms with Crippen LogP contribution in [-0.4, -0.2) is 32.1 Å². The summed E-state index contributed by atoms with van der Waals surface area (Å²) < 4.78 is 31.7. The zero-order valence-electron chi connectivity index (χ0n) is 14.6. The standard InChI is InChI=1S/C18H16F2IN3O4/c1-23-13-4-5-24(7-10(26)8-25)17(27)14(13)16(15(20)18(23)28)22-12-3-2-9(21)6-11(12)19/h2-6,10,22,25-26H,7-8H2,1H3. The van der Waals surface area contributed by atoms with E-state index in [1.54, 1.807) is 6.07 Å². The molecule has 1 atom stereocenters. The second-order valence-electron chi connectivity index (χ2n) is 6.17. The Morgan fingerprint density at radius 3 is 2.57 bits per heavy atom. The molecule has 0 radical (unpaired) electrons. The van der Waals surface area contributed by atoms with Gasteiger partial charge >= 0.3 is 0 Å². The molecule has 0 amide bonds. The molecule has 0 aliphatic heterocycles. The SMILES string of the molecule is Cn1c(=O)c(F)c(Nc2ccc(I)cc2F)c2c(=O)n(CC(O)CO)ccc21. The molecule has 3 rings (SSSR count). The number of hydrogen-bond donors (Lipinski definition) is 3. The number of anilines is 2. The normalized spacial score (nSPS) is 12.4. The topological polar surface area (TPSA) is 96.5 Å². The summed E-state index contributed by atoms with van der Waals surface area (Å²) in [7, 11) is 1.31. The van der Waals surface area contributed by atoms with Gasteiger partial charge in [-0.15, -0.1) is 0 Å². The number of aliphatic hydroxyl groups excluding tert-OH is 2. The summed E-state index contributed by atoms with van der Waals surface area (Å²) in [5.74, 6) is -1.91. The summed E-state index contributed by atoms with van der Waals surface area (Å²) in [6.07, 6.45) is 0.133. The van der Waals surface area contributed by atoms with Crippen molar-refractivity contribution in [2.75, 3.05) is 11.9 Å². The highest BCUT2D eigenvalue weighted by Gasteiger charge is 2.20. The predicted octanol–water partition coefficient (Wildman–Crippen LogP) is 1.68. The Morgan fingerprint density at radius 1 is 1.21 bits per heavy atom. The first-order valence-electron chi connectivity index (χ1n) is 8.17. The maximum atomic E-state index is 14.8. The zero-order valence-corrected chi connectivity index (χ0v) is 16.8. The number of benzene rings is 1. The first-order valence-corrected chi connectivity index (χ1v) is 9.25. The Balaban J connectivity index is 2.29. The zero-order chi connectivity index (χ0) is 20.6. The monoisotopic (exact) mass is 503 g/mol. The fourth-order valence-corrected chi connectivity index (χ4v) is 3.28. The van der Waals surface area contributed by atoms with Crippen LogP contribution >= 0.6 is 22.6 Å². The van der Waals surface area contributed by atoms with Crippen molar-refractivity contribution in [3.8, 4) is 0 Å². The van der Waals surface area contributed by atoms with Gasteiger partial charge in [0, 0.05) is 16.8 Å². The maximum absolute atomic E-state index is 14.8. The number of nitrogens with one attached hydrogen (secondary N) is 1. The van der Waals surface area contributed by atoms with Crippen LogP contribution in [0.15, 0.2) is 40.1 Å². The lowest BCUT2D eigenvalue weighted by molar-refractivity contribution is 0.0805. The highest BCUT2D eigenvalue weighted by molar-refractivity contribution is 14.1. The molecule has 10 heteroatoms. The Labute approximate surface area is 171 Å². The Morgan fingerprint density at radius 2 is 1.93 bits per heavy atom. The first kappa shape index (κ1) is 20.4. The summed E-state index contributed by atoms with van der Waals surface area (Å²) in [6, 6.07) is 5.59. The molecule has 2 heterocycles. The van der Waals surface area contributed by atoms with Gasteiger partial charge in [0.25, 0.3) is 11.1 Å². The number of pyridine rings is 2. The van der Waals surface area contributed by atoms with E-state index in [9.17, 15) is 23.5 Å². The molecule has 1 aromatic carbocycles. The number of aromatic nitrogens is 2. The van der Waals surface area contributed by atoms with E-state index in [1.807, 2.05) is 22.6 Å². The summed E-state index contributed by atoms with van der Waals surface area (Å²) in [6.45, 7) is -0.794. The van der Waals surface area contributed by atoms with Gasteiger partial charge in [-0.2, -0.15) is 4.39 Å². The summed E-state index contributed by atoms with van der Waals surface area (Å²) >= 11 is 1.92. The summed E-state index contributed by atoms with van der Waals surface area (Å²) in [4.78, 5) is 25.1. The number of halogens is 3. The highest BCUT2D eigenvalue weighted by atomic mass is 127. The van der Waals surface area contributed by atoms with Crippen LogP contribution in [0, 0.1) is 15.2 Å². The van der Waals surface area contributed by atoms with E-state index in [0.29, 0.717) is 3.57 Å². The van der Waals surface area contributed by atoms with Gasteiger partial charge in [-0.3, -0.25) is 9.59 Å². The van der Waals surface area contributed by atoms with Gasteiger partial charge < -0.3 is 24.7 Å². The second-order valence-corrected chi connectivity index (χ2v) is 7.42. The van der Waals surface area contributed by atoms with Crippen molar-refractivity contribution in [1.82, 2.24) is 9.13 Å². The van der Waals surface area contributed by atoms with Crippen molar-refractivity contribution in [1.29, 1.82) is 0 Å². The van der Waals surface area contributed by atoms with Crippen LogP contribution in [0.1, 0.15) is 0 Å². The lowest BCUT2D eigenvalue weighted by atomic mass is 10.2. The maximum Gasteiger partial charge on any atom is 0.289 e. The summed E-state index contributed by atoms with van der Waals surface area (Å²) in [5.41, 5.74) is -2.09. The third kappa shape index (κ3) is 3.66. The van der Waals surface area contributed by atoms with Crippen molar-refractivity contribution in [2.45, 2.75) is 12.6 Å². The van der Waals surface area contributed by atoms with Crippen molar-refractivity contribution in [2.24, 2.45) is 7.05 Å². The fraction of sp³-hybridized carbons (Fsp3) is 0.222. The average Bonchev–Trinajstić information content (AvgIpc) is 2.66. The molecule has 148 valence electrons. The molecule has 0 saturated heterocycles. The molecule has 1 unspecified atom stereocenters. The number of rotatable bonds is 5. The van der Waals surface area contributed by atoms with Gasteiger partial charge in [-0.1, -0.05) is 0 Å². The highest BCUT2D eigenvalue weighted by Crippen LogP contribution is 2.27. The van der Waals surface area contributed by atoms with E-state index in [0.717, 1.165) is 9.13 Å². The fourth-order valence-electron chi connectivity index (χ4n) is 2.82. The van der Waals surface area contributed by atoms with Gasteiger partial charge in [0.05, 0.1) is 41.5 Å². The molecule has 0 bridgehead atoms. The molecule has 0 fully saturated rings. The lowest BCUT2D eigenvalue weighted by Gasteiger charge is -2.16. The molecule has 0 aliphatic rings. The van der Waals surface area contributed by atoms with Crippen molar-refractivity contribution >= 4 is 44.9 Å². The van der Waals surface area contributed by atoms with Gasteiger partial charge in [0.1, 0.15) is 5.82 Å². The van der Waals surface area contributed by atoms with Crippen LogP contribution in [0.4, 0.5) is 20.2 Å². The van der Waals surface area contributed by atoms with Crippen LogP contribution in [0.3, 0.4) is 0 Å². The predicted molar refractivity (Wildman–Crippen MR) is 109 cm³/mol. The van der Waals surface area contributed by atoms with Gasteiger partial charge in [0.2, 0.25) is 5.82 Å². The number of nitrogens with zero attached hydrogens (tertiary/aromatic N) is 2. The quantitative estimate of drug-likeness (QED) is 0.461. The molecular formula is C18H16F2IN3O4. The van der Waals surface area contributed by atoms with Crippen molar-refractivity contribution in [3.63, 3.8) is 0 Å². The molecule has 28 heavy (non-hydrogen) atoms. The minimum absolute atomic E-state index is 0.0981. The Hall–Kier alpha value is -2.31. The molecule has 3 N–H and O–H groups in total. The molecule has 2 aromatic heterocycles. The van der Waals surface area contributed by atoms with Gasteiger partial charge in [0.15, 0.2) is 0 Å². The average molecular weight is 503 g/mol. The van der Waals surface area contributed by atoms with Crippen molar-refractivity contribution < 1.29 is 19.0 Å². The second kappa shape index (κ2) is 7.97. The van der Waals surface area contributed by atoms with E-state index < -0.39 is 41.2 Å². The van der Waals surface area contributed by atoms with Crippen molar-refractivity contribution in [3.05, 3.63) is 66.4 Å². The van der Waals surface area contributed by atoms with Crippen LogP contribution in [-0.2, 0) is 13.6 Å². The third-order valence-electron chi connectivity index (χ3n) is 4.28. The Kier molecular flexibility index (Phi) is 5.82. The van der Waals surface area contributed by atoms with Gasteiger partial charge in [-0.25, -0.2) is 4.39 Å². The molecule has 0 saturated carbocycles. The van der Waals surface area contributed by atoms with Crippen LogP contribution < -0.4 is 16.4 Å². The largest absolute Gasteiger partial charge is 0.394 e. The first-order chi connectivity index (χ1) is 13.2. The van der Waals surface area contributed by atoms with E-state index >= 15 is 0 Å². The number of fused-ring (bicyclic) bond motifs is 1. The van der Waals surface area contributed by atoms with E-state index in [4.69, 9.17) is 5.11 Å². The number of aliphatic hydroxyl groups is 2. The minimum atomic E-state index is -1.23. The molecule has 0 spiro atoms. The lowest BCUT2D eigenvalue weighted by Crippen LogP contribution is -2.31. The number of aryl methyl sites for hydroxylation is 1. The van der Waals surface area contributed by atoms with Gasteiger partial charge in [-0.05, 0) is 46.9 Å². The van der Waals surface area contributed by atoms with E-state index in [-0.39, 0.29) is 23.1 Å². The summed E-state index contributed by atoms with van der Waals surface area (Å²) in [5, 5.41) is 21.0. The molecule has 3 aromatic rings. The third-order valence-corrected chi connectivity index (χ3v) is 4.95. The smallest absolute Gasteiger partial charge is 0.289 e. The van der Waals surface area contributed by atoms with Crippen LogP contribution in [0.2, 0.25) is 0 Å².